The summed E-state index contributed by atoms with van der Waals surface area (Å²) < 4.78 is 0. The zero-order valence-electron chi connectivity index (χ0n) is 17.8. The predicted octanol–water partition coefficient (Wildman–Crippen LogP) is 5.31. The second-order valence-electron chi connectivity index (χ2n) is 8.08. The van der Waals surface area contributed by atoms with E-state index in [0.717, 1.165) is 30.3 Å². The van der Waals surface area contributed by atoms with Crippen LogP contribution in [0.4, 0.5) is 5.69 Å². The van der Waals surface area contributed by atoms with Crippen LogP contribution in [0.1, 0.15) is 44.9 Å². The number of aromatic amines is 1. The molecule has 1 saturated carbocycles. The normalized spacial score (nSPS) is 13.8. The van der Waals surface area contributed by atoms with E-state index in [2.05, 4.69) is 20.8 Å². The van der Waals surface area contributed by atoms with Crippen LogP contribution in [-0.2, 0) is 4.79 Å². The highest BCUT2D eigenvalue weighted by atomic mass is 35.5. The Balaban J connectivity index is 0.00000289. The van der Waals surface area contributed by atoms with Crippen LogP contribution >= 0.6 is 24.0 Å². The molecule has 1 aliphatic rings. The molecule has 4 rings (SSSR count). The van der Waals surface area contributed by atoms with Crippen LogP contribution < -0.4 is 16.2 Å². The van der Waals surface area contributed by atoms with Crippen LogP contribution in [0, 0.1) is 0 Å². The summed E-state index contributed by atoms with van der Waals surface area (Å²) in [7, 11) is 0. The largest absolute Gasteiger partial charge is 0.325 e. The summed E-state index contributed by atoms with van der Waals surface area (Å²) in [5.41, 5.74) is 1.72. The predicted molar refractivity (Wildman–Crippen MR) is 133 cm³/mol. The Kier molecular flexibility index (Phi) is 8.67. The third-order valence-corrected chi connectivity index (χ3v) is 6.16. The van der Waals surface area contributed by atoms with E-state index in [1.54, 1.807) is 18.2 Å². The van der Waals surface area contributed by atoms with Gasteiger partial charge in [-0.3, -0.25) is 9.59 Å². The Bertz CT molecular complexity index is 1130. The van der Waals surface area contributed by atoms with Crippen molar-refractivity contribution >= 4 is 46.4 Å². The Morgan fingerprint density at radius 3 is 2.62 bits per heavy atom. The number of fused-ring (bicyclic) bond motifs is 1. The number of benzene rings is 2. The van der Waals surface area contributed by atoms with E-state index in [4.69, 9.17) is 11.6 Å². The maximum absolute atomic E-state index is 12.4. The monoisotopic (exact) mass is 474 g/mol. The third kappa shape index (κ3) is 5.88. The Labute approximate surface area is 198 Å². The molecule has 6 nitrogen and oxygen atoms in total. The van der Waals surface area contributed by atoms with Crippen LogP contribution in [0.5, 0.6) is 0 Å². The molecule has 0 bridgehead atoms. The molecule has 1 heterocycles. The fourth-order valence-corrected chi connectivity index (χ4v) is 4.33. The molecule has 0 saturated heterocycles. The van der Waals surface area contributed by atoms with Gasteiger partial charge in [-0.25, -0.2) is 5.10 Å². The van der Waals surface area contributed by atoms with Crippen molar-refractivity contribution in [2.45, 2.75) is 51.0 Å². The van der Waals surface area contributed by atoms with Gasteiger partial charge in [0.15, 0.2) is 0 Å². The van der Waals surface area contributed by atoms with Gasteiger partial charge in [0.1, 0.15) is 0 Å². The molecule has 32 heavy (non-hydrogen) atoms. The van der Waals surface area contributed by atoms with Crippen LogP contribution in [-0.4, -0.2) is 28.7 Å². The van der Waals surface area contributed by atoms with Crippen LogP contribution in [0.3, 0.4) is 0 Å². The lowest BCUT2D eigenvalue weighted by Crippen LogP contribution is -2.27. The Morgan fingerprint density at radius 1 is 1.09 bits per heavy atom. The number of unbranched alkanes of at least 4 members (excludes halogenated alkanes) is 1. The summed E-state index contributed by atoms with van der Waals surface area (Å²) in [4.78, 5) is 24.5. The molecule has 1 fully saturated rings. The Morgan fingerprint density at radius 2 is 1.84 bits per heavy atom. The van der Waals surface area contributed by atoms with E-state index in [9.17, 15) is 9.59 Å². The highest BCUT2D eigenvalue weighted by Gasteiger charge is 2.14. The fraction of sp³-hybridized carbons (Fsp3) is 0.375. The topological polar surface area (TPSA) is 86.9 Å². The third-order valence-electron chi connectivity index (χ3n) is 5.83. The summed E-state index contributed by atoms with van der Waals surface area (Å²) in [6, 6.07) is 13.3. The van der Waals surface area contributed by atoms with Gasteiger partial charge in [-0.2, -0.15) is 5.10 Å². The zero-order valence-corrected chi connectivity index (χ0v) is 19.4. The number of amides is 1. The zero-order chi connectivity index (χ0) is 21.6. The number of carbonyl (C=O) groups excluding carboxylic acids is 1. The quantitative estimate of drug-likeness (QED) is 0.386. The minimum absolute atomic E-state index is 0. The number of aromatic nitrogens is 2. The summed E-state index contributed by atoms with van der Waals surface area (Å²) in [5, 5.41) is 15.1. The van der Waals surface area contributed by atoms with E-state index in [0.29, 0.717) is 34.3 Å². The number of rotatable bonds is 8. The molecule has 0 aliphatic heterocycles. The molecule has 1 amide bonds. The lowest BCUT2D eigenvalue weighted by molar-refractivity contribution is -0.116. The first kappa shape index (κ1) is 24.2. The smallest absolute Gasteiger partial charge is 0.272 e. The van der Waals surface area contributed by atoms with Crippen molar-refractivity contribution in [3.8, 4) is 11.3 Å². The maximum atomic E-state index is 12.4. The van der Waals surface area contributed by atoms with Gasteiger partial charge < -0.3 is 10.6 Å². The molecular formula is C24H28Cl2N4O2. The van der Waals surface area contributed by atoms with E-state index < -0.39 is 0 Å². The number of H-pyrrole nitrogens is 1. The summed E-state index contributed by atoms with van der Waals surface area (Å²) in [6.45, 7) is 0.957. The van der Waals surface area contributed by atoms with E-state index in [1.807, 2.05) is 24.3 Å². The SMILES string of the molecule is Cl.O=C(CCCCNC1CCCC1)Nc1cc(-c2n[nH]c(=O)c3ccccc23)ccc1Cl. The molecule has 0 atom stereocenters. The number of hydrogen-bond acceptors (Lipinski definition) is 4. The van der Waals surface area contributed by atoms with Crippen LogP contribution in [0.25, 0.3) is 22.0 Å². The molecule has 1 aromatic heterocycles. The number of anilines is 1. The van der Waals surface area contributed by atoms with Crippen molar-refractivity contribution in [2.75, 3.05) is 11.9 Å². The lowest BCUT2D eigenvalue weighted by Gasteiger charge is -2.12. The lowest BCUT2D eigenvalue weighted by atomic mass is 10.0. The molecule has 0 spiro atoms. The van der Waals surface area contributed by atoms with Gasteiger partial charge in [0, 0.05) is 23.4 Å². The first-order chi connectivity index (χ1) is 15.1. The van der Waals surface area contributed by atoms with Gasteiger partial charge in [-0.1, -0.05) is 48.7 Å². The molecule has 3 aromatic rings. The van der Waals surface area contributed by atoms with Gasteiger partial charge in [0.25, 0.3) is 5.56 Å². The van der Waals surface area contributed by atoms with Gasteiger partial charge in [-0.15, -0.1) is 12.4 Å². The molecular weight excluding hydrogens is 447 g/mol. The molecule has 0 unspecified atom stereocenters. The van der Waals surface area contributed by atoms with Crippen molar-refractivity contribution < 1.29 is 4.79 Å². The number of hydrogen-bond donors (Lipinski definition) is 3. The second kappa shape index (κ2) is 11.5. The summed E-state index contributed by atoms with van der Waals surface area (Å²) in [5.74, 6) is -0.0563. The number of carbonyl (C=O) groups is 1. The molecule has 8 heteroatoms. The molecule has 0 radical (unpaired) electrons. The molecule has 1 aliphatic carbocycles. The second-order valence-corrected chi connectivity index (χ2v) is 8.49. The standard InChI is InChI=1S/C24H27ClN4O2.ClH/c25-20-13-12-16(23-18-9-3-4-10-19(18)24(31)29-28-23)15-21(20)27-22(30)11-5-6-14-26-17-7-1-2-8-17;/h3-4,9-10,12-13,15,17,26H,1-2,5-8,11,14H2,(H,27,30)(H,29,31);1H. The fourth-order valence-electron chi connectivity index (χ4n) is 4.16. The van der Waals surface area contributed by atoms with Gasteiger partial charge >= 0.3 is 0 Å². The first-order valence-corrected chi connectivity index (χ1v) is 11.3. The van der Waals surface area contributed by atoms with Crippen LogP contribution in [0.15, 0.2) is 47.3 Å². The number of nitrogens with zero attached hydrogens (tertiary/aromatic N) is 1. The van der Waals surface area contributed by atoms with Crippen molar-refractivity contribution in [3.05, 3.63) is 57.8 Å². The average molecular weight is 475 g/mol. The summed E-state index contributed by atoms with van der Waals surface area (Å²) >= 11 is 6.32. The highest BCUT2D eigenvalue weighted by Crippen LogP contribution is 2.30. The summed E-state index contributed by atoms with van der Waals surface area (Å²) in [6.07, 6.45) is 7.45. The minimum Gasteiger partial charge on any atom is -0.325 e. The van der Waals surface area contributed by atoms with Crippen LogP contribution in [0.2, 0.25) is 5.02 Å². The number of nitrogens with one attached hydrogen (secondary N) is 3. The first-order valence-electron chi connectivity index (χ1n) is 10.9. The molecule has 3 N–H and O–H groups in total. The van der Waals surface area contributed by atoms with Crippen molar-refractivity contribution in [2.24, 2.45) is 0 Å². The maximum Gasteiger partial charge on any atom is 0.272 e. The van der Waals surface area contributed by atoms with Gasteiger partial charge in [0.05, 0.1) is 21.8 Å². The number of halogens is 2. The van der Waals surface area contributed by atoms with Crippen molar-refractivity contribution in [1.82, 2.24) is 15.5 Å². The van der Waals surface area contributed by atoms with E-state index in [1.165, 1.54) is 25.7 Å². The van der Waals surface area contributed by atoms with E-state index >= 15 is 0 Å². The van der Waals surface area contributed by atoms with E-state index in [-0.39, 0.29) is 23.9 Å². The molecule has 2 aromatic carbocycles. The minimum atomic E-state index is -0.232. The Hall–Kier alpha value is -2.41. The van der Waals surface area contributed by atoms with Gasteiger partial charge in [-0.05, 0) is 50.4 Å². The molecule has 170 valence electrons. The average Bonchev–Trinajstić information content (AvgIpc) is 3.29. The highest BCUT2D eigenvalue weighted by molar-refractivity contribution is 6.33. The van der Waals surface area contributed by atoms with Gasteiger partial charge in [0.2, 0.25) is 5.91 Å². The van der Waals surface area contributed by atoms with Crippen molar-refractivity contribution in [1.29, 1.82) is 0 Å². The van der Waals surface area contributed by atoms with Crippen molar-refractivity contribution in [3.63, 3.8) is 0 Å².